The number of fused-ring (bicyclic) bond motifs is 1. The number of alkyl halides is 1. The number of nitrogens with zero attached hydrogens (tertiary/aromatic N) is 1. The van der Waals surface area contributed by atoms with E-state index in [2.05, 4.69) is 22.5 Å². The quantitative estimate of drug-likeness (QED) is 0.847. The number of pyridine rings is 1. The van der Waals surface area contributed by atoms with E-state index < -0.39 is 5.67 Å². The van der Waals surface area contributed by atoms with Crippen LogP contribution in [0.2, 0.25) is 0 Å². The van der Waals surface area contributed by atoms with Crippen LogP contribution in [0.1, 0.15) is 60.6 Å². The molecule has 3 nitrogen and oxygen atoms in total. The highest BCUT2D eigenvalue weighted by Gasteiger charge is 2.56. The first kappa shape index (κ1) is 14.6. The van der Waals surface area contributed by atoms with Crippen molar-refractivity contribution in [1.29, 1.82) is 0 Å². The molecule has 4 bridgehead atoms. The van der Waals surface area contributed by atoms with Crippen molar-refractivity contribution in [3.63, 3.8) is 0 Å². The lowest BCUT2D eigenvalue weighted by atomic mass is 9.53. The zero-order valence-corrected chi connectivity index (χ0v) is 14.0. The van der Waals surface area contributed by atoms with E-state index in [9.17, 15) is 9.18 Å². The molecule has 5 aliphatic rings. The minimum atomic E-state index is -0.918. The average molecular weight is 326 g/mol. The lowest BCUT2D eigenvalue weighted by molar-refractivity contribution is -0.0800. The summed E-state index contributed by atoms with van der Waals surface area (Å²) in [7, 11) is 0. The molecule has 0 saturated heterocycles. The van der Waals surface area contributed by atoms with Gasteiger partial charge in [-0.05, 0) is 56.8 Å². The topological polar surface area (TPSA) is 42.0 Å². The number of hydrogen-bond donors (Lipinski definition) is 1. The summed E-state index contributed by atoms with van der Waals surface area (Å²) in [5.74, 6) is 1.41. The zero-order chi connectivity index (χ0) is 16.5. The van der Waals surface area contributed by atoms with Crippen LogP contribution in [0, 0.1) is 17.8 Å². The SMILES string of the molecule is CC(=O)c1cnc2c(c1NC1C3CC4CC1CC(F)(C4)C3)C=CC2. The summed E-state index contributed by atoms with van der Waals surface area (Å²) in [6, 6.07) is 0.295. The van der Waals surface area contributed by atoms with Crippen molar-refractivity contribution in [3.8, 4) is 0 Å². The number of Topliss-reactive ketones (excluding diaryl/α,β-unsaturated/α-hetero) is 1. The summed E-state index contributed by atoms with van der Waals surface area (Å²) in [6.45, 7) is 1.60. The van der Waals surface area contributed by atoms with Gasteiger partial charge in [0.25, 0.3) is 0 Å². The molecule has 0 aliphatic heterocycles. The first-order valence-electron chi connectivity index (χ1n) is 9.17. The third-order valence-corrected chi connectivity index (χ3v) is 6.68. The highest BCUT2D eigenvalue weighted by atomic mass is 19.1. The predicted molar refractivity (Wildman–Crippen MR) is 91.8 cm³/mol. The van der Waals surface area contributed by atoms with Crippen molar-refractivity contribution in [2.24, 2.45) is 17.8 Å². The van der Waals surface area contributed by atoms with Crippen LogP contribution < -0.4 is 5.32 Å². The van der Waals surface area contributed by atoms with E-state index in [1.807, 2.05) is 0 Å². The first-order chi connectivity index (χ1) is 11.5. The molecule has 0 amide bonds. The number of aromatic nitrogens is 1. The van der Waals surface area contributed by atoms with Crippen molar-refractivity contribution in [3.05, 3.63) is 29.1 Å². The van der Waals surface area contributed by atoms with E-state index in [4.69, 9.17) is 0 Å². The third-order valence-electron chi connectivity index (χ3n) is 6.68. The van der Waals surface area contributed by atoms with Crippen molar-refractivity contribution < 1.29 is 9.18 Å². The van der Waals surface area contributed by atoms with Crippen molar-refractivity contribution in [1.82, 2.24) is 4.98 Å². The Hall–Kier alpha value is -1.71. The van der Waals surface area contributed by atoms with Gasteiger partial charge >= 0.3 is 0 Å². The molecule has 2 unspecified atom stereocenters. The Morgan fingerprint density at radius 1 is 1.29 bits per heavy atom. The molecular formula is C20H23FN2O. The predicted octanol–water partition coefficient (Wildman–Crippen LogP) is 4.18. The number of halogens is 1. The molecule has 2 atom stereocenters. The summed E-state index contributed by atoms with van der Waals surface area (Å²) in [6.07, 6.45) is 11.1. The Bertz CT molecular complexity index is 740. The second kappa shape index (κ2) is 4.90. The van der Waals surface area contributed by atoms with Gasteiger partial charge in [0, 0.05) is 24.2 Å². The van der Waals surface area contributed by atoms with Crippen LogP contribution in [-0.2, 0) is 6.42 Å². The number of anilines is 1. The Morgan fingerprint density at radius 3 is 2.71 bits per heavy atom. The summed E-state index contributed by atoms with van der Waals surface area (Å²) < 4.78 is 14.9. The van der Waals surface area contributed by atoms with Crippen LogP contribution >= 0.6 is 0 Å². The molecule has 24 heavy (non-hydrogen) atoms. The van der Waals surface area contributed by atoms with Gasteiger partial charge in [0.05, 0.1) is 16.9 Å². The van der Waals surface area contributed by atoms with E-state index in [-0.39, 0.29) is 5.78 Å². The Kier molecular flexibility index (Phi) is 2.98. The molecule has 1 N–H and O–H groups in total. The van der Waals surface area contributed by atoms with Gasteiger partial charge in [0.15, 0.2) is 5.78 Å². The summed E-state index contributed by atoms with van der Waals surface area (Å²) >= 11 is 0. The second-order valence-electron chi connectivity index (χ2n) is 8.36. The molecule has 0 radical (unpaired) electrons. The summed E-state index contributed by atoms with van der Waals surface area (Å²) in [5, 5.41) is 3.71. The smallest absolute Gasteiger partial charge is 0.163 e. The molecule has 1 aromatic rings. The van der Waals surface area contributed by atoms with Crippen LogP contribution in [0.4, 0.5) is 10.1 Å². The fraction of sp³-hybridized carbons (Fsp3) is 0.600. The van der Waals surface area contributed by atoms with Gasteiger partial charge in [-0.1, -0.05) is 12.2 Å². The molecule has 4 heteroatoms. The van der Waals surface area contributed by atoms with Gasteiger partial charge in [-0.15, -0.1) is 0 Å². The van der Waals surface area contributed by atoms with Crippen LogP contribution in [0.25, 0.3) is 6.08 Å². The van der Waals surface area contributed by atoms with Gasteiger partial charge in [0.1, 0.15) is 5.67 Å². The lowest BCUT2D eigenvalue weighted by Gasteiger charge is -2.57. The van der Waals surface area contributed by atoms with Gasteiger partial charge in [-0.25, -0.2) is 4.39 Å². The molecule has 1 heterocycles. The monoisotopic (exact) mass is 326 g/mol. The fourth-order valence-corrected chi connectivity index (χ4v) is 5.95. The van der Waals surface area contributed by atoms with Crippen LogP contribution in [-0.4, -0.2) is 22.5 Å². The number of rotatable bonds is 3. The highest BCUT2D eigenvalue weighted by Crippen LogP contribution is 2.58. The van der Waals surface area contributed by atoms with Gasteiger partial charge in [0.2, 0.25) is 0 Å². The van der Waals surface area contributed by atoms with E-state index in [0.29, 0.717) is 42.2 Å². The molecule has 5 aliphatic carbocycles. The Balaban J connectivity index is 1.52. The molecule has 1 aromatic heterocycles. The van der Waals surface area contributed by atoms with Crippen molar-refractivity contribution >= 4 is 17.5 Å². The maximum absolute atomic E-state index is 14.9. The number of ketones is 1. The van der Waals surface area contributed by atoms with Gasteiger partial charge in [-0.3, -0.25) is 9.78 Å². The van der Waals surface area contributed by atoms with E-state index >= 15 is 0 Å². The molecule has 126 valence electrons. The lowest BCUT2D eigenvalue weighted by Crippen LogP contribution is -2.57. The number of hydrogen-bond acceptors (Lipinski definition) is 3. The molecule has 0 aromatic carbocycles. The fourth-order valence-electron chi connectivity index (χ4n) is 5.95. The maximum Gasteiger partial charge on any atom is 0.163 e. The Morgan fingerprint density at radius 2 is 2.04 bits per heavy atom. The summed E-state index contributed by atoms with van der Waals surface area (Å²) in [4.78, 5) is 16.6. The van der Waals surface area contributed by atoms with Crippen LogP contribution in [0.15, 0.2) is 12.3 Å². The molecule has 6 rings (SSSR count). The molecule has 4 fully saturated rings. The maximum atomic E-state index is 14.9. The highest BCUT2D eigenvalue weighted by molar-refractivity contribution is 6.01. The largest absolute Gasteiger partial charge is 0.381 e. The van der Waals surface area contributed by atoms with Crippen LogP contribution in [0.5, 0.6) is 0 Å². The van der Waals surface area contributed by atoms with Crippen molar-refractivity contribution in [2.75, 3.05) is 5.32 Å². The average Bonchev–Trinajstić information content (AvgIpc) is 2.97. The van der Waals surface area contributed by atoms with E-state index in [1.165, 1.54) is 0 Å². The normalized spacial score (nSPS) is 38.4. The number of carbonyl (C=O) groups is 1. The third kappa shape index (κ3) is 2.08. The minimum Gasteiger partial charge on any atom is -0.381 e. The molecule has 0 spiro atoms. The number of nitrogens with one attached hydrogen (secondary N) is 1. The Labute approximate surface area is 141 Å². The van der Waals surface area contributed by atoms with Crippen molar-refractivity contribution in [2.45, 2.75) is 57.2 Å². The van der Waals surface area contributed by atoms with Gasteiger partial charge < -0.3 is 5.32 Å². The second-order valence-corrected chi connectivity index (χ2v) is 8.36. The molecular weight excluding hydrogens is 303 g/mol. The van der Waals surface area contributed by atoms with Gasteiger partial charge in [-0.2, -0.15) is 0 Å². The zero-order valence-electron chi connectivity index (χ0n) is 14.0. The standard InChI is InChI=1S/C20H23FN2O/c1-11(24)16-10-22-17-4-2-3-15(17)19(16)23-18-13-5-12-6-14(18)9-20(21,7-12)8-13/h2-3,10,12-14,18H,4-9H2,1H3,(H,22,23). The number of allylic oxidation sites excluding steroid dienone is 1. The first-order valence-corrected chi connectivity index (χ1v) is 9.17. The molecule has 4 saturated carbocycles. The van der Waals surface area contributed by atoms with Crippen LogP contribution in [0.3, 0.4) is 0 Å². The van der Waals surface area contributed by atoms with E-state index in [0.717, 1.165) is 42.6 Å². The minimum absolute atomic E-state index is 0.0406. The number of carbonyl (C=O) groups excluding carboxylic acids is 1. The summed E-state index contributed by atoms with van der Waals surface area (Å²) in [5.41, 5.74) is 2.79. The van der Waals surface area contributed by atoms with E-state index in [1.54, 1.807) is 13.1 Å².